The topological polar surface area (TPSA) is 40.6 Å². The highest BCUT2D eigenvalue weighted by Gasteiger charge is 2.26. The van der Waals surface area contributed by atoms with Gasteiger partial charge in [0.05, 0.1) is 44.5 Å². The van der Waals surface area contributed by atoms with Gasteiger partial charge in [-0.2, -0.15) is 0 Å². The van der Waals surface area contributed by atoms with Gasteiger partial charge >= 0.3 is 0 Å². The highest BCUT2D eigenvalue weighted by Crippen LogP contribution is 2.47. The average molecular weight is 804 g/mol. The first kappa shape index (κ1) is 35.2. The molecule has 63 heavy (non-hydrogen) atoms. The largest absolute Gasteiger partial charge is 0.309 e. The predicted molar refractivity (Wildman–Crippen MR) is 261 cm³/mol. The number of hydrogen-bond donors (Lipinski definition) is 0. The zero-order valence-electron chi connectivity index (χ0n) is 34.1. The molecule has 0 unspecified atom stereocenters. The lowest BCUT2D eigenvalue weighted by molar-refractivity contribution is 1.15. The first-order valence-corrected chi connectivity index (χ1v) is 21.4. The average Bonchev–Trinajstić information content (AvgIpc) is 4.00. The van der Waals surface area contributed by atoms with Crippen LogP contribution >= 0.6 is 0 Å². The molecule has 13 rings (SSSR count). The highest BCUT2D eigenvalue weighted by atomic mass is 15.0. The van der Waals surface area contributed by atoms with E-state index in [0.717, 1.165) is 78.1 Å². The summed E-state index contributed by atoms with van der Waals surface area (Å²) < 4.78 is 7.32. The molecule has 4 heterocycles. The Kier molecular flexibility index (Phi) is 7.84. The van der Waals surface area contributed by atoms with E-state index >= 15 is 0 Å². The Hall–Kier alpha value is -8.54. The van der Waals surface area contributed by atoms with Gasteiger partial charge in [-0.15, -0.1) is 0 Å². The molecule has 0 fully saturated rings. The monoisotopic (exact) mass is 803 g/mol. The van der Waals surface area contributed by atoms with Crippen LogP contribution in [-0.2, 0) is 0 Å². The Morgan fingerprint density at radius 3 is 1.43 bits per heavy atom. The van der Waals surface area contributed by atoms with Gasteiger partial charge < -0.3 is 13.7 Å². The van der Waals surface area contributed by atoms with Crippen LogP contribution in [0.3, 0.4) is 0 Å². The molecule has 0 spiro atoms. The standard InChI is InChI=1S/C58H37N5/c1-5-19-38(20-6-1)48-37-49(60-58(59-48)39-21-7-2-8-22-39)47-36-54-56(57-55(47)45-28-14-18-32-52(45)63(57)41-25-11-4-12-26-41)46-29-15-17-31-51(46)62(54)42-33-34-44-43-27-13-16-30-50(43)61(53(44)35-42)40-23-9-3-10-24-40/h1-37H. The molecule has 0 aliphatic rings. The summed E-state index contributed by atoms with van der Waals surface area (Å²) in [5.41, 5.74) is 15.0. The van der Waals surface area contributed by atoms with Crippen molar-refractivity contribution in [2.45, 2.75) is 0 Å². The van der Waals surface area contributed by atoms with Crippen molar-refractivity contribution in [3.63, 3.8) is 0 Å². The van der Waals surface area contributed by atoms with Crippen LogP contribution in [0.4, 0.5) is 0 Å². The van der Waals surface area contributed by atoms with Crippen LogP contribution in [0.2, 0.25) is 0 Å². The third kappa shape index (κ3) is 5.43. The van der Waals surface area contributed by atoms with Gasteiger partial charge in [-0.05, 0) is 66.7 Å². The second-order valence-corrected chi connectivity index (χ2v) is 16.2. The van der Waals surface area contributed by atoms with Crippen molar-refractivity contribution in [3.8, 4) is 51.0 Å². The van der Waals surface area contributed by atoms with Gasteiger partial charge in [0.15, 0.2) is 5.82 Å². The summed E-state index contributed by atoms with van der Waals surface area (Å²) in [7, 11) is 0. The summed E-state index contributed by atoms with van der Waals surface area (Å²) in [4.78, 5) is 10.7. The summed E-state index contributed by atoms with van der Waals surface area (Å²) in [6.45, 7) is 0. The number of benzene rings is 9. The smallest absolute Gasteiger partial charge is 0.160 e. The first-order valence-electron chi connectivity index (χ1n) is 21.4. The van der Waals surface area contributed by atoms with E-state index in [9.17, 15) is 0 Å². The van der Waals surface area contributed by atoms with Gasteiger partial charge in [0.25, 0.3) is 0 Å². The van der Waals surface area contributed by atoms with Gasteiger partial charge in [-0.3, -0.25) is 0 Å². The molecule has 0 aliphatic carbocycles. The lowest BCUT2D eigenvalue weighted by atomic mass is 9.98. The molecule has 294 valence electrons. The van der Waals surface area contributed by atoms with Crippen molar-refractivity contribution in [2.24, 2.45) is 0 Å². The SMILES string of the molecule is c1ccc(-c2cc(-c3cc4c(c5ccccc5n4-c4ccc5c6ccccc6n(-c6ccccc6)c5c4)c4c3c3ccccc3n4-c3ccccc3)nc(-c3ccccc3)n2)cc1. The Morgan fingerprint density at radius 2 is 0.762 bits per heavy atom. The lowest BCUT2D eigenvalue weighted by Gasteiger charge is -2.14. The van der Waals surface area contributed by atoms with Crippen molar-refractivity contribution in [1.29, 1.82) is 0 Å². The minimum Gasteiger partial charge on any atom is -0.309 e. The van der Waals surface area contributed by atoms with Gasteiger partial charge in [-0.1, -0.05) is 158 Å². The zero-order valence-corrected chi connectivity index (χ0v) is 34.1. The molecule has 0 radical (unpaired) electrons. The van der Waals surface area contributed by atoms with E-state index in [1.165, 1.54) is 32.4 Å². The lowest BCUT2D eigenvalue weighted by Crippen LogP contribution is -1.99. The fourth-order valence-corrected chi connectivity index (χ4v) is 9.94. The first-order chi connectivity index (χ1) is 31.3. The fraction of sp³-hybridized carbons (Fsp3) is 0. The van der Waals surface area contributed by atoms with Crippen LogP contribution in [0.5, 0.6) is 0 Å². The Balaban J connectivity index is 1.21. The molecular formula is C58H37N5. The van der Waals surface area contributed by atoms with E-state index in [-0.39, 0.29) is 0 Å². The minimum atomic E-state index is 0.687. The van der Waals surface area contributed by atoms with Crippen molar-refractivity contribution in [3.05, 3.63) is 224 Å². The molecule has 5 nitrogen and oxygen atoms in total. The normalized spacial score (nSPS) is 11.8. The van der Waals surface area contributed by atoms with Crippen molar-refractivity contribution in [2.75, 3.05) is 0 Å². The maximum absolute atomic E-state index is 5.48. The van der Waals surface area contributed by atoms with Crippen molar-refractivity contribution < 1.29 is 0 Å². The quantitative estimate of drug-likeness (QED) is 0.168. The Labute approximate surface area is 363 Å². The number of nitrogens with zero attached hydrogens (tertiary/aromatic N) is 5. The van der Waals surface area contributed by atoms with E-state index < -0.39 is 0 Å². The van der Waals surface area contributed by atoms with E-state index in [0.29, 0.717) is 5.82 Å². The third-order valence-corrected chi connectivity index (χ3v) is 12.6. The Morgan fingerprint density at radius 1 is 0.286 bits per heavy atom. The number of hydrogen-bond acceptors (Lipinski definition) is 2. The predicted octanol–water partition coefficient (Wildman–Crippen LogP) is 14.8. The molecule has 0 atom stereocenters. The van der Waals surface area contributed by atoms with Crippen LogP contribution < -0.4 is 0 Å². The van der Waals surface area contributed by atoms with E-state index in [4.69, 9.17) is 9.97 Å². The second-order valence-electron chi connectivity index (χ2n) is 16.2. The maximum atomic E-state index is 5.48. The molecule has 0 saturated carbocycles. The molecule has 4 aromatic heterocycles. The summed E-state index contributed by atoms with van der Waals surface area (Å²) in [6.07, 6.45) is 0. The molecule has 13 aromatic rings. The molecule has 0 bridgehead atoms. The highest BCUT2D eigenvalue weighted by molar-refractivity contribution is 6.30. The van der Waals surface area contributed by atoms with Crippen LogP contribution in [0, 0.1) is 0 Å². The molecule has 0 saturated heterocycles. The van der Waals surface area contributed by atoms with Gasteiger partial charge in [-0.25, -0.2) is 9.97 Å². The molecular weight excluding hydrogens is 767 g/mol. The van der Waals surface area contributed by atoms with Crippen LogP contribution in [0.1, 0.15) is 0 Å². The summed E-state index contributed by atoms with van der Waals surface area (Å²) in [5, 5.41) is 7.14. The van der Waals surface area contributed by atoms with Gasteiger partial charge in [0.1, 0.15) is 0 Å². The molecule has 5 heteroatoms. The minimum absolute atomic E-state index is 0.687. The van der Waals surface area contributed by atoms with E-state index in [1.807, 2.05) is 6.07 Å². The molecule has 0 N–H and O–H groups in total. The van der Waals surface area contributed by atoms with E-state index in [2.05, 4.69) is 232 Å². The Bertz CT molecular complexity index is 3820. The summed E-state index contributed by atoms with van der Waals surface area (Å²) >= 11 is 0. The van der Waals surface area contributed by atoms with Crippen LogP contribution in [0.25, 0.3) is 116 Å². The number of rotatable bonds is 6. The van der Waals surface area contributed by atoms with E-state index in [1.54, 1.807) is 0 Å². The summed E-state index contributed by atoms with van der Waals surface area (Å²) in [5.74, 6) is 0.687. The second kappa shape index (κ2) is 14.0. The number of para-hydroxylation sites is 5. The summed E-state index contributed by atoms with van der Waals surface area (Å²) in [6, 6.07) is 80.2. The van der Waals surface area contributed by atoms with Gasteiger partial charge in [0, 0.05) is 66.1 Å². The van der Waals surface area contributed by atoms with Crippen LogP contribution in [-0.4, -0.2) is 23.7 Å². The number of fused-ring (bicyclic) bond motifs is 10. The molecule has 0 aliphatic heterocycles. The maximum Gasteiger partial charge on any atom is 0.160 e. The van der Waals surface area contributed by atoms with Gasteiger partial charge in [0.2, 0.25) is 0 Å². The fourth-order valence-electron chi connectivity index (χ4n) is 9.94. The molecule has 0 amide bonds. The molecule has 9 aromatic carbocycles. The van der Waals surface area contributed by atoms with Crippen LogP contribution in [0.15, 0.2) is 224 Å². The van der Waals surface area contributed by atoms with Crippen molar-refractivity contribution in [1.82, 2.24) is 23.7 Å². The third-order valence-electron chi connectivity index (χ3n) is 12.6. The van der Waals surface area contributed by atoms with Crippen molar-refractivity contribution >= 4 is 65.4 Å². The number of aromatic nitrogens is 5. The zero-order chi connectivity index (χ0) is 41.4.